The van der Waals surface area contributed by atoms with E-state index in [0.29, 0.717) is 12.2 Å². The minimum Gasteiger partial charge on any atom is -0.373 e. The molecule has 94 valence electrons. The summed E-state index contributed by atoms with van der Waals surface area (Å²) in [5.74, 6) is 0.315. The van der Waals surface area contributed by atoms with Gasteiger partial charge in [-0.2, -0.15) is 0 Å². The predicted octanol–water partition coefficient (Wildman–Crippen LogP) is 3.73. The van der Waals surface area contributed by atoms with Crippen LogP contribution < -0.4 is 4.90 Å². The van der Waals surface area contributed by atoms with Crippen LogP contribution >= 0.6 is 22.6 Å². The Labute approximate surface area is 118 Å². The summed E-state index contributed by atoms with van der Waals surface area (Å²) in [7, 11) is 2.04. The first-order valence-corrected chi connectivity index (χ1v) is 6.89. The van der Waals surface area contributed by atoms with E-state index in [1.165, 1.54) is 9.26 Å². The summed E-state index contributed by atoms with van der Waals surface area (Å²) in [6.07, 6.45) is 0.602. The van der Waals surface area contributed by atoms with Crippen molar-refractivity contribution in [3.63, 3.8) is 0 Å². The van der Waals surface area contributed by atoms with Crippen LogP contribution in [0.1, 0.15) is 27.2 Å². The Balaban J connectivity index is 2.60. The molecule has 3 heteroatoms. The third kappa shape index (κ3) is 4.30. The number of anilines is 1. The van der Waals surface area contributed by atoms with Crippen molar-refractivity contribution in [3.8, 4) is 0 Å². The molecule has 1 rings (SSSR count). The Morgan fingerprint density at radius 2 is 1.88 bits per heavy atom. The molecule has 1 aromatic carbocycles. The number of halogens is 1. The smallest absolute Gasteiger partial charge is 0.139 e. The highest BCUT2D eigenvalue weighted by Crippen LogP contribution is 2.22. The fourth-order valence-corrected chi connectivity index (χ4v) is 2.33. The molecule has 2 nitrogen and oxygen atoms in total. The van der Waals surface area contributed by atoms with Crippen LogP contribution in [0.2, 0.25) is 0 Å². The van der Waals surface area contributed by atoms with Crippen molar-refractivity contribution < 1.29 is 4.79 Å². The molecule has 0 spiro atoms. The zero-order valence-corrected chi connectivity index (χ0v) is 13.1. The van der Waals surface area contributed by atoms with Crippen molar-refractivity contribution in [2.24, 2.45) is 5.41 Å². The zero-order valence-electron chi connectivity index (χ0n) is 11.0. The number of hydrogen-bond donors (Lipinski definition) is 0. The number of Topliss-reactive ketones (excluding diaryl/α,β-unsaturated/α-hetero) is 1. The minimum absolute atomic E-state index is 0.231. The van der Waals surface area contributed by atoms with Crippen molar-refractivity contribution in [3.05, 3.63) is 27.8 Å². The monoisotopic (exact) mass is 345 g/mol. The van der Waals surface area contributed by atoms with E-state index in [1.54, 1.807) is 0 Å². The van der Waals surface area contributed by atoms with Gasteiger partial charge in [-0.25, -0.2) is 0 Å². The van der Waals surface area contributed by atoms with E-state index in [2.05, 4.69) is 39.6 Å². The van der Waals surface area contributed by atoms with E-state index in [4.69, 9.17) is 0 Å². The first-order chi connectivity index (χ1) is 7.82. The molecule has 0 fully saturated rings. The summed E-state index contributed by atoms with van der Waals surface area (Å²) in [6.45, 7) is 6.70. The number of carbonyl (C=O) groups excluding carboxylic acids is 1. The summed E-state index contributed by atoms with van der Waals surface area (Å²) in [6, 6.07) is 8.22. The summed E-state index contributed by atoms with van der Waals surface area (Å²) in [5.41, 5.74) is 0.958. The second kappa shape index (κ2) is 5.85. The fraction of sp³-hybridized carbons (Fsp3) is 0.500. The molecule has 17 heavy (non-hydrogen) atoms. The van der Waals surface area contributed by atoms with Crippen LogP contribution in [0.15, 0.2) is 24.3 Å². The molecule has 0 aliphatic heterocycles. The lowest BCUT2D eigenvalue weighted by Crippen LogP contribution is -2.27. The summed E-state index contributed by atoms with van der Waals surface area (Å²) in [5, 5.41) is 0. The number of hydrogen-bond acceptors (Lipinski definition) is 2. The van der Waals surface area contributed by atoms with E-state index in [0.717, 1.165) is 6.54 Å². The average molecular weight is 345 g/mol. The van der Waals surface area contributed by atoms with Crippen LogP contribution in [0.25, 0.3) is 0 Å². The maximum atomic E-state index is 11.9. The first-order valence-electron chi connectivity index (χ1n) is 5.81. The lowest BCUT2D eigenvalue weighted by Gasteiger charge is -2.23. The van der Waals surface area contributed by atoms with Gasteiger partial charge in [0.15, 0.2) is 0 Å². The minimum atomic E-state index is -0.231. The van der Waals surface area contributed by atoms with Crippen molar-refractivity contribution in [1.82, 2.24) is 0 Å². The van der Waals surface area contributed by atoms with Crippen molar-refractivity contribution in [2.45, 2.75) is 27.2 Å². The van der Waals surface area contributed by atoms with Gasteiger partial charge >= 0.3 is 0 Å². The van der Waals surface area contributed by atoms with Crippen LogP contribution in [0.4, 0.5) is 5.69 Å². The van der Waals surface area contributed by atoms with Gasteiger partial charge in [0.25, 0.3) is 0 Å². The van der Waals surface area contributed by atoms with Crippen LogP contribution in [0, 0.1) is 8.99 Å². The van der Waals surface area contributed by atoms with Crippen LogP contribution in [0.5, 0.6) is 0 Å². The summed E-state index contributed by atoms with van der Waals surface area (Å²) >= 11 is 2.32. The van der Waals surface area contributed by atoms with E-state index < -0.39 is 0 Å². The molecule has 0 radical (unpaired) electrons. The highest BCUT2D eigenvalue weighted by molar-refractivity contribution is 14.1. The topological polar surface area (TPSA) is 20.3 Å². The molecule has 0 aliphatic carbocycles. The molecule has 0 atom stereocenters. The SMILES string of the molecule is CN(CCC(=O)C(C)(C)C)c1ccccc1I. The highest BCUT2D eigenvalue weighted by atomic mass is 127. The number of rotatable bonds is 4. The lowest BCUT2D eigenvalue weighted by molar-refractivity contribution is -0.126. The van der Waals surface area contributed by atoms with Gasteiger partial charge in [0, 0.05) is 34.7 Å². The Morgan fingerprint density at radius 3 is 2.41 bits per heavy atom. The number of ketones is 1. The maximum Gasteiger partial charge on any atom is 0.139 e. The largest absolute Gasteiger partial charge is 0.373 e. The van der Waals surface area contributed by atoms with Gasteiger partial charge in [-0.1, -0.05) is 32.9 Å². The van der Waals surface area contributed by atoms with Gasteiger partial charge in [-0.05, 0) is 34.7 Å². The number of carbonyl (C=O) groups is 1. The number of nitrogens with zero attached hydrogens (tertiary/aromatic N) is 1. The van der Waals surface area contributed by atoms with Crippen molar-refractivity contribution in [1.29, 1.82) is 0 Å². The van der Waals surface area contributed by atoms with Gasteiger partial charge < -0.3 is 4.90 Å². The van der Waals surface area contributed by atoms with Gasteiger partial charge in [-0.15, -0.1) is 0 Å². The molecule has 0 saturated carbocycles. The standard InChI is InChI=1S/C14H20INO/c1-14(2,3)13(17)9-10-16(4)12-8-6-5-7-11(12)15/h5-8H,9-10H2,1-4H3. The molecular weight excluding hydrogens is 325 g/mol. The molecular formula is C14H20INO. The first kappa shape index (κ1) is 14.5. The summed E-state index contributed by atoms with van der Waals surface area (Å²) in [4.78, 5) is 14.0. The fourth-order valence-electron chi connectivity index (χ4n) is 1.53. The second-order valence-corrected chi connectivity index (χ2v) is 6.46. The Kier molecular flexibility index (Phi) is 4.98. The average Bonchev–Trinajstić information content (AvgIpc) is 2.24. The van der Waals surface area contributed by atoms with E-state index in [9.17, 15) is 4.79 Å². The molecule has 0 amide bonds. The van der Waals surface area contributed by atoms with Crippen LogP contribution in [0.3, 0.4) is 0 Å². The molecule has 0 aliphatic rings. The van der Waals surface area contributed by atoms with Gasteiger partial charge in [0.2, 0.25) is 0 Å². The number of para-hydroxylation sites is 1. The highest BCUT2D eigenvalue weighted by Gasteiger charge is 2.21. The Hall–Kier alpha value is -0.580. The molecule has 0 aromatic heterocycles. The quantitative estimate of drug-likeness (QED) is 0.775. The molecule has 0 N–H and O–H groups in total. The third-order valence-electron chi connectivity index (χ3n) is 2.77. The Morgan fingerprint density at radius 1 is 1.29 bits per heavy atom. The molecule has 0 bridgehead atoms. The van der Waals surface area contributed by atoms with Crippen molar-refractivity contribution >= 4 is 34.1 Å². The zero-order chi connectivity index (χ0) is 13.1. The molecule has 0 saturated heterocycles. The van der Waals surface area contributed by atoms with Gasteiger partial charge in [0.1, 0.15) is 5.78 Å². The van der Waals surface area contributed by atoms with E-state index in [1.807, 2.05) is 40.0 Å². The number of benzene rings is 1. The molecule has 1 aromatic rings. The maximum absolute atomic E-state index is 11.9. The molecule has 0 unspecified atom stereocenters. The van der Waals surface area contributed by atoms with Gasteiger partial charge in [0.05, 0.1) is 0 Å². The van der Waals surface area contributed by atoms with Crippen LogP contribution in [-0.4, -0.2) is 19.4 Å². The second-order valence-electron chi connectivity index (χ2n) is 5.30. The van der Waals surface area contributed by atoms with Crippen LogP contribution in [-0.2, 0) is 4.79 Å². The van der Waals surface area contributed by atoms with E-state index in [-0.39, 0.29) is 5.41 Å². The third-order valence-corrected chi connectivity index (χ3v) is 3.69. The normalized spacial score (nSPS) is 11.4. The van der Waals surface area contributed by atoms with Gasteiger partial charge in [-0.3, -0.25) is 4.79 Å². The van der Waals surface area contributed by atoms with Crippen molar-refractivity contribution in [2.75, 3.05) is 18.5 Å². The predicted molar refractivity (Wildman–Crippen MR) is 81.5 cm³/mol. The Bertz CT molecular complexity index is 395. The van der Waals surface area contributed by atoms with E-state index >= 15 is 0 Å². The lowest BCUT2D eigenvalue weighted by atomic mass is 9.89. The molecule has 0 heterocycles. The summed E-state index contributed by atoms with van der Waals surface area (Å²) < 4.78 is 1.22.